The summed E-state index contributed by atoms with van der Waals surface area (Å²) in [6.07, 6.45) is 3.15. The molecule has 0 saturated heterocycles. The molecule has 0 unspecified atom stereocenters. The molecule has 4 aromatic rings. The summed E-state index contributed by atoms with van der Waals surface area (Å²) >= 11 is 0. The van der Waals surface area contributed by atoms with Gasteiger partial charge in [-0.2, -0.15) is 5.10 Å². The van der Waals surface area contributed by atoms with Crippen molar-refractivity contribution >= 4 is 5.91 Å². The Labute approximate surface area is 175 Å². The van der Waals surface area contributed by atoms with Gasteiger partial charge in [-0.15, -0.1) is 0 Å². The number of carbonyl (C=O) groups is 1. The maximum atomic E-state index is 13.1. The zero-order valence-electron chi connectivity index (χ0n) is 16.8. The van der Waals surface area contributed by atoms with E-state index in [1.165, 1.54) is 6.33 Å². The Kier molecular flexibility index (Phi) is 5.57. The first-order valence-electron chi connectivity index (χ1n) is 9.67. The molecule has 1 atom stereocenters. The number of amides is 1. The maximum Gasteiger partial charge on any atom is 0.254 e. The zero-order chi connectivity index (χ0) is 20.9. The molecule has 6 nitrogen and oxygen atoms in total. The minimum Gasteiger partial charge on any atom is -0.457 e. The van der Waals surface area contributed by atoms with Crippen molar-refractivity contribution in [2.45, 2.75) is 13.0 Å². The molecule has 0 aliphatic heterocycles. The molecule has 6 heteroatoms. The van der Waals surface area contributed by atoms with Crippen LogP contribution in [0.15, 0.2) is 91.5 Å². The third-order valence-electron chi connectivity index (χ3n) is 5.02. The number of benzene rings is 3. The van der Waals surface area contributed by atoms with Gasteiger partial charge in [0, 0.05) is 12.6 Å². The van der Waals surface area contributed by atoms with Gasteiger partial charge in [0.2, 0.25) is 0 Å². The lowest BCUT2D eigenvalue weighted by Gasteiger charge is -2.26. The fraction of sp³-hybridized carbons (Fsp3) is 0.125. The monoisotopic (exact) mass is 398 g/mol. The van der Waals surface area contributed by atoms with Gasteiger partial charge < -0.3 is 9.64 Å². The van der Waals surface area contributed by atoms with Crippen molar-refractivity contribution in [1.29, 1.82) is 0 Å². The molecule has 1 heterocycles. The van der Waals surface area contributed by atoms with E-state index in [-0.39, 0.29) is 11.9 Å². The molecule has 0 fully saturated rings. The SMILES string of the molecule is C[C@H](c1ccc(-n2cncn2)cc1)N(C)C(=O)c1cccc(Oc2ccccc2)c1. The molecule has 0 bridgehead atoms. The summed E-state index contributed by atoms with van der Waals surface area (Å²) < 4.78 is 7.55. The van der Waals surface area contributed by atoms with Gasteiger partial charge in [0.1, 0.15) is 24.2 Å². The van der Waals surface area contributed by atoms with E-state index in [2.05, 4.69) is 10.1 Å². The van der Waals surface area contributed by atoms with Gasteiger partial charge in [0.25, 0.3) is 5.91 Å². The molecule has 0 radical (unpaired) electrons. The molecule has 30 heavy (non-hydrogen) atoms. The quantitative estimate of drug-likeness (QED) is 0.464. The molecule has 1 amide bonds. The topological polar surface area (TPSA) is 60.2 Å². The van der Waals surface area contributed by atoms with Crippen molar-refractivity contribution in [3.63, 3.8) is 0 Å². The lowest BCUT2D eigenvalue weighted by Crippen LogP contribution is -2.29. The molecular formula is C24H22N4O2. The van der Waals surface area contributed by atoms with Crippen molar-refractivity contribution in [1.82, 2.24) is 19.7 Å². The molecule has 0 N–H and O–H groups in total. The van der Waals surface area contributed by atoms with Gasteiger partial charge in [0.15, 0.2) is 0 Å². The van der Waals surface area contributed by atoms with E-state index in [9.17, 15) is 4.79 Å². The third kappa shape index (κ3) is 4.22. The van der Waals surface area contributed by atoms with Crippen LogP contribution in [-0.4, -0.2) is 32.6 Å². The predicted molar refractivity (Wildman–Crippen MR) is 115 cm³/mol. The summed E-state index contributed by atoms with van der Waals surface area (Å²) in [5, 5.41) is 4.13. The Morgan fingerprint density at radius 3 is 2.40 bits per heavy atom. The Hall–Kier alpha value is -3.93. The molecule has 0 spiro atoms. The van der Waals surface area contributed by atoms with E-state index in [4.69, 9.17) is 4.74 Å². The Balaban J connectivity index is 1.48. The number of aromatic nitrogens is 3. The van der Waals surface area contributed by atoms with Crippen LogP contribution in [0, 0.1) is 0 Å². The van der Waals surface area contributed by atoms with Gasteiger partial charge in [-0.3, -0.25) is 4.79 Å². The van der Waals surface area contributed by atoms with Gasteiger partial charge in [-0.25, -0.2) is 9.67 Å². The predicted octanol–water partition coefficient (Wildman–Crippen LogP) is 4.89. The molecule has 0 saturated carbocycles. The summed E-state index contributed by atoms with van der Waals surface area (Å²) in [5.74, 6) is 1.29. The summed E-state index contributed by atoms with van der Waals surface area (Å²) in [5.41, 5.74) is 2.53. The maximum absolute atomic E-state index is 13.1. The van der Waals surface area contributed by atoms with E-state index in [0.29, 0.717) is 11.3 Å². The summed E-state index contributed by atoms with van der Waals surface area (Å²) in [4.78, 5) is 18.8. The van der Waals surface area contributed by atoms with Crippen molar-refractivity contribution in [2.75, 3.05) is 7.05 Å². The molecule has 3 aromatic carbocycles. The van der Waals surface area contributed by atoms with Gasteiger partial charge in [-0.05, 0) is 55.0 Å². The summed E-state index contributed by atoms with van der Waals surface area (Å²) in [7, 11) is 1.81. The van der Waals surface area contributed by atoms with Gasteiger partial charge >= 0.3 is 0 Å². The van der Waals surface area contributed by atoms with E-state index in [0.717, 1.165) is 17.0 Å². The van der Waals surface area contributed by atoms with E-state index < -0.39 is 0 Å². The Morgan fingerprint density at radius 2 is 1.70 bits per heavy atom. The van der Waals surface area contributed by atoms with Crippen molar-refractivity contribution in [3.8, 4) is 17.2 Å². The van der Waals surface area contributed by atoms with Crippen LogP contribution in [0.3, 0.4) is 0 Å². The van der Waals surface area contributed by atoms with Crippen LogP contribution in [0.25, 0.3) is 5.69 Å². The van der Waals surface area contributed by atoms with Crippen LogP contribution in [0.2, 0.25) is 0 Å². The first kappa shape index (κ1) is 19.4. The minimum absolute atomic E-state index is 0.0682. The number of para-hydroxylation sites is 1. The number of hydrogen-bond acceptors (Lipinski definition) is 4. The summed E-state index contributed by atoms with van der Waals surface area (Å²) in [6, 6.07) is 24.6. The Morgan fingerprint density at radius 1 is 0.967 bits per heavy atom. The lowest BCUT2D eigenvalue weighted by molar-refractivity contribution is 0.0742. The van der Waals surface area contributed by atoms with Crippen LogP contribution >= 0.6 is 0 Å². The standard InChI is InChI=1S/C24H22N4O2/c1-18(19-11-13-21(14-12-19)28-17-25-16-26-28)27(2)24(29)20-7-6-10-23(15-20)30-22-8-4-3-5-9-22/h3-18H,1-2H3/t18-/m1/s1. The molecule has 4 rings (SSSR count). The van der Waals surface area contributed by atoms with E-state index in [1.807, 2.05) is 80.7 Å². The smallest absolute Gasteiger partial charge is 0.254 e. The molecule has 150 valence electrons. The fourth-order valence-corrected chi connectivity index (χ4v) is 3.17. The minimum atomic E-state index is -0.0963. The zero-order valence-corrected chi connectivity index (χ0v) is 16.8. The first-order valence-corrected chi connectivity index (χ1v) is 9.67. The van der Waals surface area contributed by atoms with Crippen LogP contribution in [0.1, 0.15) is 28.9 Å². The molecule has 0 aliphatic rings. The molecular weight excluding hydrogens is 376 g/mol. The van der Waals surface area contributed by atoms with Crippen molar-refractivity contribution in [3.05, 3.63) is 103 Å². The van der Waals surface area contributed by atoms with Crippen LogP contribution in [0.4, 0.5) is 0 Å². The van der Waals surface area contributed by atoms with Gasteiger partial charge in [0.05, 0.1) is 11.7 Å². The lowest BCUT2D eigenvalue weighted by atomic mass is 10.1. The average Bonchev–Trinajstić information content (AvgIpc) is 3.34. The van der Waals surface area contributed by atoms with Crippen molar-refractivity contribution < 1.29 is 9.53 Å². The summed E-state index contributed by atoms with van der Waals surface area (Å²) in [6.45, 7) is 2.01. The number of carbonyl (C=O) groups excluding carboxylic acids is 1. The first-order chi connectivity index (χ1) is 14.6. The highest BCUT2D eigenvalue weighted by atomic mass is 16.5. The number of nitrogens with zero attached hydrogens (tertiary/aromatic N) is 4. The number of ether oxygens (including phenoxy) is 1. The second kappa shape index (κ2) is 8.61. The largest absolute Gasteiger partial charge is 0.457 e. The van der Waals surface area contributed by atoms with Crippen LogP contribution in [-0.2, 0) is 0 Å². The third-order valence-corrected chi connectivity index (χ3v) is 5.02. The normalized spacial score (nSPS) is 11.7. The Bertz CT molecular complexity index is 1110. The fourth-order valence-electron chi connectivity index (χ4n) is 3.17. The van der Waals surface area contributed by atoms with E-state index >= 15 is 0 Å². The second-order valence-corrected chi connectivity index (χ2v) is 6.97. The number of rotatable bonds is 6. The highest BCUT2D eigenvalue weighted by Crippen LogP contribution is 2.25. The van der Waals surface area contributed by atoms with E-state index in [1.54, 1.807) is 28.0 Å². The van der Waals surface area contributed by atoms with Crippen LogP contribution < -0.4 is 4.74 Å². The van der Waals surface area contributed by atoms with Gasteiger partial charge in [-0.1, -0.05) is 36.4 Å². The van der Waals surface area contributed by atoms with Crippen molar-refractivity contribution in [2.24, 2.45) is 0 Å². The molecule has 1 aromatic heterocycles. The highest BCUT2D eigenvalue weighted by molar-refractivity contribution is 5.94. The van der Waals surface area contributed by atoms with Crippen LogP contribution in [0.5, 0.6) is 11.5 Å². The number of hydrogen-bond donors (Lipinski definition) is 0. The highest BCUT2D eigenvalue weighted by Gasteiger charge is 2.19. The molecule has 0 aliphatic carbocycles. The second-order valence-electron chi connectivity index (χ2n) is 6.97. The average molecular weight is 398 g/mol.